The lowest BCUT2D eigenvalue weighted by Crippen LogP contribution is -2.31. The smallest absolute Gasteiger partial charge is 0.0723 e. The van der Waals surface area contributed by atoms with Crippen molar-refractivity contribution in [2.75, 3.05) is 18.0 Å². The van der Waals surface area contributed by atoms with Crippen LogP contribution in [0.1, 0.15) is 17.7 Å². The molecule has 94 valence electrons. The average molecular weight is 307 g/mol. The molecule has 2 heterocycles. The Morgan fingerprint density at radius 1 is 1.39 bits per heavy atom. The Hall–Kier alpha value is -1.36. The van der Waals surface area contributed by atoms with Gasteiger partial charge in [0.05, 0.1) is 11.9 Å². The summed E-state index contributed by atoms with van der Waals surface area (Å²) in [7, 11) is 0. The van der Waals surface area contributed by atoms with E-state index in [-0.39, 0.29) is 0 Å². The molecule has 1 aliphatic rings. The van der Waals surface area contributed by atoms with Crippen molar-refractivity contribution >= 4 is 21.6 Å². The van der Waals surface area contributed by atoms with Crippen LogP contribution in [-0.4, -0.2) is 28.5 Å². The van der Waals surface area contributed by atoms with Crippen LogP contribution in [0.2, 0.25) is 0 Å². The summed E-state index contributed by atoms with van der Waals surface area (Å²) in [6, 6.07) is 6.57. The molecule has 2 aromatic rings. The van der Waals surface area contributed by atoms with E-state index in [1.54, 1.807) is 6.20 Å². The fourth-order valence-corrected chi connectivity index (χ4v) is 2.88. The number of aryl methyl sites for hydroxylation is 1. The van der Waals surface area contributed by atoms with Crippen molar-refractivity contribution in [1.82, 2.24) is 15.4 Å². The third-order valence-electron chi connectivity index (χ3n) is 3.37. The lowest BCUT2D eigenvalue weighted by Gasteiger charge is -2.31. The van der Waals surface area contributed by atoms with Crippen LogP contribution in [-0.2, 0) is 12.8 Å². The van der Waals surface area contributed by atoms with Crippen molar-refractivity contribution in [3.8, 4) is 0 Å². The van der Waals surface area contributed by atoms with E-state index in [9.17, 15) is 0 Å². The van der Waals surface area contributed by atoms with Crippen molar-refractivity contribution < 1.29 is 0 Å². The number of halogens is 1. The number of H-pyrrole nitrogens is 1. The van der Waals surface area contributed by atoms with Crippen molar-refractivity contribution in [1.29, 1.82) is 0 Å². The summed E-state index contributed by atoms with van der Waals surface area (Å²) < 4.78 is 1.17. The number of nitrogens with zero attached hydrogens (tertiary/aromatic N) is 3. The van der Waals surface area contributed by atoms with E-state index in [0.717, 1.165) is 25.2 Å². The first-order valence-electron chi connectivity index (χ1n) is 6.21. The van der Waals surface area contributed by atoms with Gasteiger partial charge in [-0.15, -0.1) is 5.10 Å². The van der Waals surface area contributed by atoms with Crippen LogP contribution in [0.15, 0.2) is 28.9 Å². The lowest BCUT2D eigenvalue weighted by molar-refractivity contribution is 0.682. The molecule has 1 aromatic carbocycles. The van der Waals surface area contributed by atoms with Crippen molar-refractivity contribution in [3.63, 3.8) is 0 Å². The molecule has 0 atom stereocenters. The van der Waals surface area contributed by atoms with Gasteiger partial charge in [-0.25, -0.2) is 0 Å². The van der Waals surface area contributed by atoms with Gasteiger partial charge in [0, 0.05) is 29.7 Å². The van der Waals surface area contributed by atoms with Gasteiger partial charge in [0.25, 0.3) is 0 Å². The molecule has 0 amide bonds. The molecule has 3 rings (SSSR count). The fourth-order valence-electron chi connectivity index (χ4n) is 2.47. The van der Waals surface area contributed by atoms with Crippen LogP contribution in [0.5, 0.6) is 0 Å². The molecule has 1 aromatic heterocycles. The Labute approximate surface area is 115 Å². The van der Waals surface area contributed by atoms with Crippen LogP contribution in [0, 0.1) is 0 Å². The molecule has 1 N–H and O–H groups in total. The van der Waals surface area contributed by atoms with E-state index in [2.05, 4.69) is 54.4 Å². The van der Waals surface area contributed by atoms with Crippen LogP contribution in [0.3, 0.4) is 0 Å². The van der Waals surface area contributed by atoms with E-state index in [1.165, 1.54) is 28.6 Å². The Balaban J connectivity index is 1.75. The number of benzene rings is 1. The van der Waals surface area contributed by atoms with Crippen molar-refractivity contribution in [2.45, 2.75) is 19.3 Å². The molecule has 1 aliphatic heterocycles. The summed E-state index contributed by atoms with van der Waals surface area (Å²) in [6.07, 6.45) is 5.16. The molecule has 18 heavy (non-hydrogen) atoms. The van der Waals surface area contributed by atoms with Crippen LogP contribution in [0.4, 0.5) is 5.69 Å². The zero-order valence-corrected chi connectivity index (χ0v) is 11.7. The van der Waals surface area contributed by atoms with Crippen LogP contribution >= 0.6 is 15.9 Å². The highest BCUT2D eigenvalue weighted by molar-refractivity contribution is 9.10. The van der Waals surface area contributed by atoms with Gasteiger partial charge in [-0.3, -0.25) is 5.10 Å². The first-order chi connectivity index (χ1) is 8.83. The normalized spacial score (nSPS) is 14.6. The van der Waals surface area contributed by atoms with Gasteiger partial charge in [0.2, 0.25) is 0 Å². The Kier molecular flexibility index (Phi) is 3.32. The largest absolute Gasteiger partial charge is 0.371 e. The summed E-state index contributed by atoms with van der Waals surface area (Å²) >= 11 is 3.54. The molecule has 0 aliphatic carbocycles. The van der Waals surface area contributed by atoms with Gasteiger partial charge in [-0.05, 0) is 36.6 Å². The highest BCUT2D eigenvalue weighted by Crippen LogP contribution is 2.29. The van der Waals surface area contributed by atoms with Gasteiger partial charge in [0.15, 0.2) is 0 Å². The van der Waals surface area contributed by atoms with E-state index in [1.807, 2.05) is 0 Å². The van der Waals surface area contributed by atoms with Crippen LogP contribution in [0.25, 0.3) is 0 Å². The average Bonchev–Trinajstić information content (AvgIpc) is 2.89. The van der Waals surface area contributed by atoms with E-state index < -0.39 is 0 Å². The standard InChI is InChI=1S/C13H15BrN4/c14-11-3-4-13-10(8-11)2-1-6-18(13)7-5-12-9-15-17-16-12/h3-4,8-9H,1-2,5-7H2,(H,15,16,17). The maximum atomic E-state index is 3.81. The third-order valence-corrected chi connectivity index (χ3v) is 3.87. The number of rotatable bonds is 3. The number of nitrogens with one attached hydrogen (secondary N) is 1. The maximum Gasteiger partial charge on any atom is 0.0723 e. The van der Waals surface area contributed by atoms with E-state index in [4.69, 9.17) is 0 Å². The molecule has 4 nitrogen and oxygen atoms in total. The van der Waals surface area contributed by atoms with E-state index >= 15 is 0 Å². The van der Waals surface area contributed by atoms with Crippen LogP contribution < -0.4 is 4.90 Å². The maximum absolute atomic E-state index is 3.81. The molecular formula is C13H15BrN4. The molecule has 0 radical (unpaired) electrons. The van der Waals surface area contributed by atoms with Crippen molar-refractivity contribution in [2.24, 2.45) is 0 Å². The number of hydrogen-bond acceptors (Lipinski definition) is 3. The zero-order valence-electron chi connectivity index (χ0n) is 10.1. The Morgan fingerprint density at radius 3 is 3.17 bits per heavy atom. The molecule has 5 heteroatoms. The zero-order chi connectivity index (χ0) is 12.4. The number of fused-ring (bicyclic) bond motifs is 1. The number of hydrogen-bond donors (Lipinski definition) is 1. The van der Waals surface area contributed by atoms with E-state index in [0.29, 0.717) is 0 Å². The summed E-state index contributed by atoms with van der Waals surface area (Å²) in [5.41, 5.74) is 3.91. The molecule has 0 saturated heterocycles. The summed E-state index contributed by atoms with van der Waals surface area (Å²) in [6.45, 7) is 2.15. The molecule has 0 fully saturated rings. The minimum atomic E-state index is 0.961. The molecule has 0 saturated carbocycles. The summed E-state index contributed by atoms with van der Waals surface area (Å²) in [4.78, 5) is 2.45. The second-order valence-electron chi connectivity index (χ2n) is 4.60. The van der Waals surface area contributed by atoms with Gasteiger partial charge >= 0.3 is 0 Å². The Bertz CT molecular complexity index is 524. The third kappa shape index (κ3) is 2.41. The molecular weight excluding hydrogens is 292 g/mol. The van der Waals surface area contributed by atoms with Gasteiger partial charge < -0.3 is 4.90 Å². The lowest BCUT2D eigenvalue weighted by atomic mass is 10.0. The quantitative estimate of drug-likeness (QED) is 0.948. The predicted molar refractivity (Wildman–Crippen MR) is 74.8 cm³/mol. The first-order valence-corrected chi connectivity index (χ1v) is 7.00. The van der Waals surface area contributed by atoms with Gasteiger partial charge in [-0.2, -0.15) is 0 Å². The molecule has 0 unspecified atom stereocenters. The minimum absolute atomic E-state index is 0.961. The molecule has 0 bridgehead atoms. The predicted octanol–water partition coefficient (Wildman–Crippen LogP) is 2.56. The van der Waals surface area contributed by atoms with Crippen molar-refractivity contribution in [3.05, 3.63) is 40.1 Å². The Morgan fingerprint density at radius 2 is 2.33 bits per heavy atom. The first kappa shape index (κ1) is 11.7. The van der Waals surface area contributed by atoms with Gasteiger partial charge in [-0.1, -0.05) is 21.1 Å². The topological polar surface area (TPSA) is 44.8 Å². The number of aromatic amines is 1. The summed E-state index contributed by atoms with van der Waals surface area (Å²) in [5.74, 6) is 0. The SMILES string of the molecule is Brc1ccc2c(c1)CCCN2CCc1cnn[nH]1. The fraction of sp³-hybridized carbons (Fsp3) is 0.385. The minimum Gasteiger partial charge on any atom is -0.371 e. The summed E-state index contributed by atoms with van der Waals surface area (Å²) in [5, 5.41) is 10.5. The monoisotopic (exact) mass is 306 g/mol. The second-order valence-corrected chi connectivity index (χ2v) is 5.51. The van der Waals surface area contributed by atoms with Gasteiger partial charge in [0.1, 0.15) is 0 Å². The highest BCUT2D eigenvalue weighted by Gasteiger charge is 2.16. The number of anilines is 1. The molecule has 0 spiro atoms. The second kappa shape index (κ2) is 5.10. The highest BCUT2D eigenvalue weighted by atomic mass is 79.9. The number of aromatic nitrogens is 3.